The van der Waals surface area contributed by atoms with Crippen molar-refractivity contribution in [3.8, 4) is 16.9 Å². The molecule has 0 bridgehead atoms. The van der Waals surface area contributed by atoms with E-state index < -0.39 is 35.3 Å². The Morgan fingerprint density at radius 1 is 1.05 bits per heavy atom. The molecule has 0 fully saturated rings. The summed E-state index contributed by atoms with van der Waals surface area (Å²) in [6, 6.07) is 5.35. The van der Waals surface area contributed by atoms with E-state index >= 15 is 0 Å². The molecule has 22 heavy (non-hydrogen) atoms. The summed E-state index contributed by atoms with van der Waals surface area (Å²) in [5.74, 6) is -4.66. The fourth-order valence-electron chi connectivity index (χ4n) is 1.76. The summed E-state index contributed by atoms with van der Waals surface area (Å²) in [6.45, 7) is 0. The molecule has 0 atom stereocenters. The Balaban J connectivity index is 2.42. The second-order valence-electron chi connectivity index (χ2n) is 4.20. The minimum absolute atomic E-state index is 0.00836. The van der Waals surface area contributed by atoms with Crippen LogP contribution >= 0.6 is 0 Å². The van der Waals surface area contributed by atoms with Gasteiger partial charge in [-0.15, -0.1) is 13.2 Å². The highest BCUT2D eigenvalue weighted by atomic mass is 19.4. The van der Waals surface area contributed by atoms with E-state index in [1.54, 1.807) is 0 Å². The predicted molar refractivity (Wildman–Crippen MR) is 65.4 cm³/mol. The number of carboxylic acid groups (broad SMARTS) is 1. The van der Waals surface area contributed by atoms with Crippen molar-refractivity contribution in [1.82, 2.24) is 0 Å². The van der Waals surface area contributed by atoms with Crippen molar-refractivity contribution < 1.29 is 36.6 Å². The highest BCUT2D eigenvalue weighted by molar-refractivity contribution is 5.89. The first-order valence-corrected chi connectivity index (χ1v) is 5.76. The molecule has 0 aliphatic carbocycles. The molecule has 8 heteroatoms. The number of carboxylic acids is 1. The molecule has 0 aliphatic rings. The van der Waals surface area contributed by atoms with Crippen molar-refractivity contribution in [1.29, 1.82) is 0 Å². The van der Waals surface area contributed by atoms with Crippen LogP contribution in [-0.4, -0.2) is 17.4 Å². The number of halogens is 5. The quantitative estimate of drug-likeness (QED) is 0.862. The van der Waals surface area contributed by atoms with Gasteiger partial charge in [-0.3, -0.25) is 0 Å². The number of ether oxygens (including phenoxy) is 1. The lowest BCUT2D eigenvalue weighted by atomic mass is 10.0. The van der Waals surface area contributed by atoms with E-state index in [0.29, 0.717) is 6.07 Å². The molecule has 1 N–H and O–H groups in total. The maximum Gasteiger partial charge on any atom is 0.573 e. The maximum absolute atomic E-state index is 13.7. The number of hydrogen-bond donors (Lipinski definition) is 1. The lowest BCUT2D eigenvalue weighted by Crippen LogP contribution is -2.16. The molecule has 2 rings (SSSR count). The van der Waals surface area contributed by atoms with E-state index in [9.17, 15) is 26.7 Å². The van der Waals surface area contributed by atoms with Crippen LogP contribution in [0.25, 0.3) is 11.1 Å². The number of rotatable bonds is 3. The standard InChI is InChI=1S/C14H7F5O3/c15-11-6-8(13(20)21)5-10(12(11)16)7-1-3-9(4-2-7)22-14(17,18)19/h1-6H,(H,20,21). The van der Waals surface area contributed by atoms with E-state index in [1.165, 1.54) is 0 Å². The molecule has 0 unspecified atom stereocenters. The lowest BCUT2D eigenvalue weighted by Gasteiger charge is -2.10. The fraction of sp³-hybridized carbons (Fsp3) is 0.0714. The predicted octanol–water partition coefficient (Wildman–Crippen LogP) is 4.23. The summed E-state index contributed by atoms with van der Waals surface area (Å²) in [4.78, 5) is 10.8. The Labute approximate surface area is 120 Å². The van der Waals surface area contributed by atoms with Gasteiger partial charge >= 0.3 is 12.3 Å². The van der Waals surface area contributed by atoms with Gasteiger partial charge in [0.25, 0.3) is 0 Å². The monoisotopic (exact) mass is 318 g/mol. The third kappa shape index (κ3) is 3.51. The van der Waals surface area contributed by atoms with Crippen molar-refractivity contribution in [3.63, 3.8) is 0 Å². The highest BCUT2D eigenvalue weighted by Gasteiger charge is 2.31. The molecule has 0 saturated heterocycles. The first-order valence-electron chi connectivity index (χ1n) is 5.76. The van der Waals surface area contributed by atoms with E-state index in [4.69, 9.17) is 5.11 Å². The van der Waals surface area contributed by atoms with Crippen LogP contribution in [0.15, 0.2) is 36.4 Å². The summed E-state index contributed by atoms with van der Waals surface area (Å²) in [7, 11) is 0. The molecular formula is C14H7F5O3. The van der Waals surface area contributed by atoms with Crippen LogP contribution in [0.2, 0.25) is 0 Å². The van der Waals surface area contributed by atoms with Crippen LogP contribution in [0.1, 0.15) is 10.4 Å². The van der Waals surface area contributed by atoms with Gasteiger partial charge in [-0.1, -0.05) is 12.1 Å². The Kier molecular flexibility index (Phi) is 4.03. The molecule has 0 amide bonds. The molecular weight excluding hydrogens is 311 g/mol. The molecule has 3 nitrogen and oxygen atoms in total. The van der Waals surface area contributed by atoms with Crippen LogP contribution < -0.4 is 4.74 Å². The summed E-state index contributed by atoms with van der Waals surface area (Å²) in [5, 5.41) is 8.81. The van der Waals surface area contributed by atoms with Crippen molar-refractivity contribution in [3.05, 3.63) is 53.6 Å². The first kappa shape index (κ1) is 15.7. The molecule has 116 valence electrons. The SMILES string of the molecule is O=C(O)c1cc(F)c(F)c(-c2ccc(OC(F)(F)F)cc2)c1. The van der Waals surface area contributed by atoms with Gasteiger partial charge in [-0.25, -0.2) is 13.6 Å². The number of hydrogen-bond acceptors (Lipinski definition) is 2. The summed E-state index contributed by atoms with van der Waals surface area (Å²) in [6.07, 6.45) is -4.87. The van der Waals surface area contributed by atoms with Crippen molar-refractivity contribution in [2.75, 3.05) is 0 Å². The molecule has 2 aromatic carbocycles. The molecule has 0 heterocycles. The van der Waals surface area contributed by atoms with Gasteiger partial charge in [0.15, 0.2) is 11.6 Å². The number of benzene rings is 2. The topological polar surface area (TPSA) is 46.5 Å². The molecule has 0 radical (unpaired) electrons. The Hall–Kier alpha value is -2.64. The van der Waals surface area contributed by atoms with E-state index in [0.717, 1.165) is 30.3 Å². The Morgan fingerprint density at radius 3 is 2.14 bits per heavy atom. The molecule has 2 aromatic rings. The normalized spacial score (nSPS) is 11.3. The van der Waals surface area contributed by atoms with Gasteiger partial charge in [0.05, 0.1) is 5.56 Å². The van der Waals surface area contributed by atoms with E-state index in [2.05, 4.69) is 4.74 Å². The number of alkyl halides is 3. The van der Waals surface area contributed by atoms with Crippen molar-refractivity contribution in [2.45, 2.75) is 6.36 Å². The van der Waals surface area contributed by atoms with Crippen molar-refractivity contribution >= 4 is 5.97 Å². The highest BCUT2D eigenvalue weighted by Crippen LogP contribution is 2.29. The number of aromatic carboxylic acids is 1. The van der Waals surface area contributed by atoms with Crippen molar-refractivity contribution in [2.24, 2.45) is 0 Å². The average molecular weight is 318 g/mol. The second-order valence-corrected chi connectivity index (χ2v) is 4.20. The van der Waals surface area contributed by atoms with Crippen LogP contribution in [0.5, 0.6) is 5.75 Å². The van der Waals surface area contributed by atoms with Crippen LogP contribution in [0.3, 0.4) is 0 Å². The van der Waals surface area contributed by atoms with E-state index in [1.807, 2.05) is 0 Å². The van der Waals surface area contributed by atoms with Crippen LogP contribution in [-0.2, 0) is 0 Å². The molecule has 0 aromatic heterocycles. The molecule has 0 saturated carbocycles. The Morgan fingerprint density at radius 2 is 1.64 bits per heavy atom. The van der Waals surface area contributed by atoms with Crippen LogP contribution in [0.4, 0.5) is 22.0 Å². The van der Waals surface area contributed by atoms with Gasteiger partial charge in [-0.2, -0.15) is 0 Å². The zero-order valence-corrected chi connectivity index (χ0v) is 10.6. The van der Waals surface area contributed by atoms with Gasteiger partial charge in [0.1, 0.15) is 5.75 Å². The second kappa shape index (κ2) is 5.63. The maximum atomic E-state index is 13.7. The van der Waals surface area contributed by atoms with Crippen LogP contribution in [0, 0.1) is 11.6 Å². The third-order valence-corrected chi connectivity index (χ3v) is 2.67. The summed E-state index contributed by atoms with van der Waals surface area (Å²) >= 11 is 0. The van der Waals surface area contributed by atoms with Gasteiger partial charge in [0.2, 0.25) is 0 Å². The first-order chi connectivity index (χ1) is 10.2. The van der Waals surface area contributed by atoms with Gasteiger partial charge < -0.3 is 9.84 Å². The minimum Gasteiger partial charge on any atom is -0.478 e. The number of carbonyl (C=O) groups is 1. The Bertz CT molecular complexity index is 708. The largest absolute Gasteiger partial charge is 0.573 e. The fourth-order valence-corrected chi connectivity index (χ4v) is 1.76. The van der Waals surface area contributed by atoms with Gasteiger partial charge in [0, 0.05) is 5.56 Å². The van der Waals surface area contributed by atoms with Gasteiger partial charge in [-0.05, 0) is 29.8 Å². The molecule has 0 aliphatic heterocycles. The zero-order chi connectivity index (χ0) is 16.5. The smallest absolute Gasteiger partial charge is 0.478 e. The zero-order valence-electron chi connectivity index (χ0n) is 10.6. The van der Waals surface area contributed by atoms with E-state index in [-0.39, 0.29) is 11.1 Å². The lowest BCUT2D eigenvalue weighted by molar-refractivity contribution is -0.274. The minimum atomic E-state index is -4.87. The summed E-state index contributed by atoms with van der Waals surface area (Å²) in [5.41, 5.74) is -0.852. The summed E-state index contributed by atoms with van der Waals surface area (Å²) < 4.78 is 66.8. The average Bonchev–Trinajstić information content (AvgIpc) is 2.41. The molecule has 0 spiro atoms. The third-order valence-electron chi connectivity index (χ3n) is 2.67.